The van der Waals surface area contributed by atoms with E-state index in [1.807, 2.05) is 29.9 Å². The number of aryl methyl sites for hydroxylation is 1. The van der Waals surface area contributed by atoms with Gasteiger partial charge in [0.15, 0.2) is 0 Å². The Balaban J connectivity index is 1.85. The van der Waals surface area contributed by atoms with Crippen molar-refractivity contribution in [3.8, 4) is 11.3 Å². The van der Waals surface area contributed by atoms with Gasteiger partial charge in [-0.2, -0.15) is 5.10 Å². The van der Waals surface area contributed by atoms with E-state index in [2.05, 4.69) is 17.2 Å². The molecule has 6 heteroatoms. The summed E-state index contributed by atoms with van der Waals surface area (Å²) in [5, 5.41) is 14.3. The van der Waals surface area contributed by atoms with Crippen molar-refractivity contribution in [2.24, 2.45) is 12.8 Å². The lowest BCUT2D eigenvalue weighted by Gasteiger charge is -2.25. The number of hydrogen-bond acceptors (Lipinski definition) is 4. The van der Waals surface area contributed by atoms with E-state index in [1.165, 1.54) is 5.56 Å². The number of nitrogens with two attached hydrogens (primary N) is 1. The fourth-order valence-electron chi connectivity index (χ4n) is 3.24. The van der Waals surface area contributed by atoms with Crippen molar-refractivity contribution < 1.29 is 9.90 Å². The maximum atomic E-state index is 12.4. The van der Waals surface area contributed by atoms with Crippen LogP contribution in [0.1, 0.15) is 18.2 Å². The average Bonchev–Trinajstić information content (AvgIpc) is 2.76. The molecule has 128 valence electrons. The molecule has 24 heavy (non-hydrogen) atoms. The molecule has 2 heterocycles. The zero-order valence-electron chi connectivity index (χ0n) is 14.1. The van der Waals surface area contributed by atoms with Crippen LogP contribution in [0.25, 0.3) is 11.3 Å². The minimum absolute atomic E-state index is 0.188. The molecule has 1 aliphatic heterocycles. The topological polar surface area (TPSA) is 84.4 Å². The number of carbonyl (C=O) groups excluding carboxylic acids is 1. The highest BCUT2D eigenvalue weighted by molar-refractivity contribution is 5.82. The molecule has 2 atom stereocenters. The van der Waals surface area contributed by atoms with Crippen LogP contribution in [0.2, 0.25) is 0 Å². The first-order valence-electron chi connectivity index (χ1n) is 8.31. The molecule has 0 saturated heterocycles. The van der Waals surface area contributed by atoms with Crippen LogP contribution in [0, 0.1) is 0 Å². The SMILES string of the molecule is C[C@@H](O)[C@H](N)C(=O)N1CCc2c(-c3ccccc3)nn(C)c2CC1. The van der Waals surface area contributed by atoms with Gasteiger partial charge in [-0.3, -0.25) is 9.48 Å². The van der Waals surface area contributed by atoms with Crippen LogP contribution in [0.4, 0.5) is 0 Å². The zero-order valence-corrected chi connectivity index (χ0v) is 14.1. The fourth-order valence-corrected chi connectivity index (χ4v) is 3.24. The van der Waals surface area contributed by atoms with E-state index >= 15 is 0 Å². The zero-order chi connectivity index (χ0) is 17.3. The third kappa shape index (κ3) is 3.07. The maximum Gasteiger partial charge on any atom is 0.242 e. The van der Waals surface area contributed by atoms with Crippen LogP contribution in [-0.2, 0) is 24.7 Å². The predicted octanol–water partition coefficient (Wildman–Crippen LogP) is 0.722. The van der Waals surface area contributed by atoms with Gasteiger partial charge in [0.05, 0.1) is 11.8 Å². The van der Waals surface area contributed by atoms with Gasteiger partial charge >= 0.3 is 0 Å². The first kappa shape index (κ1) is 16.7. The first-order chi connectivity index (χ1) is 11.5. The normalized spacial score (nSPS) is 17.1. The highest BCUT2D eigenvalue weighted by atomic mass is 16.3. The Kier molecular flexibility index (Phi) is 4.69. The number of hydrogen-bond donors (Lipinski definition) is 2. The molecule has 1 amide bonds. The second kappa shape index (κ2) is 6.75. The summed E-state index contributed by atoms with van der Waals surface area (Å²) in [6.07, 6.45) is 0.639. The molecule has 6 nitrogen and oxygen atoms in total. The van der Waals surface area contributed by atoms with Gasteiger partial charge in [0.25, 0.3) is 0 Å². The van der Waals surface area contributed by atoms with E-state index in [-0.39, 0.29) is 5.91 Å². The highest BCUT2D eigenvalue weighted by Gasteiger charge is 2.28. The lowest BCUT2D eigenvalue weighted by atomic mass is 10.0. The summed E-state index contributed by atoms with van der Waals surface area (Å²) in [7, 11) is 1.95. The average molecular weight is 328 g/mol. The second-order valence-corrected chi connectivity index (χ2v) is 6.36. The number of aromatic nitrogens is 2. The van der Waals surface area contributed by atoms with Crippen molar-refractivity contribution >= 4 is 5.91 Å². The Morgan fingerprint density at radius 2 is 1.92 bits per heavy atom. The van der Waals surface area contributed by atoms with E-state index in [4.69, 9.17) is 5.73 Å². The van der Waals surface area contributed by atoms with Crippen molar-refractivity contribution in [1.82, 2.24) is 14.7 Å². The van der Waals surface area contributed by atoms with E-state index in [0.717, 1.165) is 29.8 Å². The predicted molar refractivity (Wildman–Crippen MR) is 92.3 cm³/mol. The summed E-state index contributed by atoms with van der Waals surface area (Å²) in [5.41, 5.74) is 10.3. The number of carbonyl (C=O) groups is 1. The van der Waals surface area contributed by atoms with Crippen molar-refractivity contribution in [1.29, 1.82) is 0 Å². The van der Waals surface area contributed by atoms with E-state index in [1.54, 1.807) is 11.8 Å². The van der Waals surface area contributed by atoms with Crippen LogP contribution in [0.15, 0.2) is 30.3 Å². The van der Waals surface area contributed by atoms with Gasteiger partial charge in [-0.05, 0) is 13.3 Å². The summed E-state index contributed by atoms with van der Waals surface area (Å²) in [6, 6.07) is 9.25. The first-order valence-corrected chi connectivity index (χ1v) is 8.31. The third-order valence-electron chi connectivity index (χ3n) is 4.69. The molecule has 0 fully saturated rings. The van der Waals surface area contributed by atoms with Gasteiger partial charge in [-0.25, -0.2) is 0 Å². The van der Waals surface area contributed by atoms with Gasteiger partial charge in [0, 0.05) is 43.4 Å². The number of aliphatic hydroxyl groups excluding tert-OH is 1. The molecular weight excluding hydrogens is 304 g/mol. The number of amides is 1. The number of aliphatic hydroxyl groups is 1. The van der Waals surface area contributed by atoms with E-state index < -0.39 is 12.1 Å². The van der Waals surface area contributed by atoms with Crippen molar-refractivity contribution in [2.45, 2.75) is 31.9 Å². The summed E-state index contributed by atoms with van der Waals surface area (Å²) in [5.74, 6) is -0.188. The molecule has 3 rings (SSSR count). The van der Waals surface area contributed by atoms with Gasteiger partial charge in [0.2, 0.25) is 5.91 Å². The van der Waals surface area contributed by atoms with Gasteiger partial charge in [-0.1, -0.05) is 30.3 Å². The molecule has 3 N–H and O–H groups in total. The molecule has 1 aromatic heterocycles. The van der Waals surface area contributed by atoms with Crippen molar-refractivity contribution in [3.05, 3.63) is 41.6 Å². The standard InChI is InChI=1S/C18H24N4O2/c1-12(23)16(19)18(24)22-10-8-14-15(9-11-22)21(2)20-17(14)13-6-4-3-5-7-13/h3-7,12,16,23H,8-11,19H2,1-2H3/t12-,16+/m1/s1. The molecule has 0 unspecified atom stereocenters. The number of nitrogens with zero attached hydrogens (tertiary/aromatic N) is 3. The van der Waals surface area contributed by atoms with E-state index in [9.17, 15) is 9.90 Å². The quantitative estimate of drug-likeness (QED) is 0.870. The smallest absolute Gasteiger partial charge is 0.242 e. The maximum absolute atomic E-state index is 12.4. The van der Waals surface area contributed by atoms with Crippen molar-refractivity contribution in [3.63, 3.8) is 0 Å². The summed E-state index contributed by atoms with van der Waals surface area (Å²) >= 11 is 0. The summed E-state index contributed by atoms with van der Waals surface area (Å²) in [4.78, 5) is 14.2. The number of benzene rings is 1. The molecular formula is C18H24N4O2. The van der Waals surface area contributed by atoms with Gasteiger partial charge in [0.1, 0.15) is 6.04 Å². The van der Waals surface area contributed by atoms with Crippen molar-refractivity contribution in [2.75, 3.05) is 13.1 Å². The Morgan fingerprint density at radius 3 is 2.58 bits per heavy atom. The number of rotatable bonds is 3. The molecule has 0 radical (unpaired) electrons. The van der Waals surface area contributed by atoms with Crippen LogP contribution < -0.4 is 5.73 Å². The fraction of sp³-hybridized carbons (Fsp3) is 0.444. The van der Waals surface area contributed by atoms with Crippen LogP contribution in [0.3, 0.4) is 0 Å². The van der Waals surface area contributed by atoms with E-state index in [0.29, 0.717) is 13.1 Å². The summed E-state index contributed by atoms with van der Waals surface area (Å²) < 4.78 is 1.92. The largest absolute Gasteiger partial charge is 0.391 e. The van der Waals surface area contributed by atoms with Gasteiger partial charge in [-0.15, -0.1) is 0 Å². The monoisotopic (exact) mass is 328 g/mol. The number of fused-ring (bicyclic) bond motifs is 1. The highest BCUT2D eigenvalue weighted by Crippen LogP contribution is 2.28. The van der Waals surface area contributed by atoms with Crippen LogP contribution in [0.5, 0.6) is 0 Å². The molecule has 2 aromatic rings. The van der Waals surface area contributed by atoms with Crippen LogP contribution in [-0.4, -0.2) is 50.9 Å². The molecule has 0 aliphatic carbocycles. The lowest BCUT2D eigenvalue weighted by Crippen LogP contribution is -2.50. The Bertz CT molecular complexity index is 724. The Labute approximate surface area is 141 Å². The Hall–Kier alpha value is -2.18. The lowest BCUT2D eigenvalue weighted by molar-refractivity contribution is -0.134. The third-order valence-corrected chi connectivity index (χ3v) is 4.69. The van der Waals surface area contributed by atoms with Gasteiger partial charge < -0.3 is 15.7 Å². The summed E-state index contributed by atoms with van der Waals surface area (Å²) in [6.45, 7) is 2.74. The van der Waals surface area contributed by atoms with Crippen LogP contribution >= 0.6 is 0 Å². The minimum Gasteiger partial charge on any atom is -0.391 e. The molecule has 0 saturated carbocycles. The minimum atomic E-state index is -0.863. The Morgan fingerprint density at radius 1 is 1.25 bits per heavy atom. The molecule has 1 aliphatic rings. The second-order valence-electron chi connectivity index (χ2n) is 6.36. The molecule has 1 aromatic carbocycles. The molecule has 0 bridgehead atoms. The molecule has 0 spiro atoms.